The van der Waals surface area contributed by atoms with Crippen molar-refractivity contribution in [2.75, 3.05) is 19.8 Å². The largest absolute Gasteiger partial charge is 0.395 e. The van der Waals surface area contributed by atoms with Gasteiger partial charge in [-0.15, -0.1) is 0 Å². The van der Waals surface area contributed by atoms with Crippen LogP contribution in [0.5, 0.6) is 0 Å². The smallest absolute Gasteiger partial charge is 0.336 e. The fraction of sp³-hybridized carbons (Fsp3) is 0.727. The Labute approximate surface area is 123 Å². The van der Waals surface area contributed by atoms with Crippen molar-refractivity contribution < 1.29 is 25.5 Å². The van der Waals surface area contributed by atoms with Crippen LogP contribution >= 0.6 is 0 Å². The number of hydrogen-bond acceptors (Lipinski definition) is 8. The van der Waals surface area contributed by atoms with Crippen LogP contribution in [0.25, 0.3) is 0 Å². The van der Waals surface area contributed by atoms with Crippen molar-refractivity contribution in [3.05, 3.63) is 31.5 Å². The Morgan fingerprint density at radius 1 is 0.727 bits per heavy atom. The molecule has 2 atom stereocenters. The topological polar surface area (TPSA) is 167 Å². The van der Waals surface area contributed by atoms with E-state index >= 15 is 0 Å². The highest BCUT2D eigenvalue weighted by Crippen LogP contribution is 1.87. The summed E-state index contributed by atoms with van der Waals surface area (Å²) in [4.78, 5) is 36.2. The average Bonchev–Trinajstić information content (AvgIpc) is 2.51. The standard InChI is InChI=1S/C11H19N3O8/c15-2-1-12-9(20)13(3-7(18)5-16)11(22)14(10(12)21)4-8(19)6-17/h7-8,15-19H,1-6H2. The van der Waals surface area contributed by atoms with Gasteiger partial charge in [-0.3, -0.25) is 0 Å². The van der Waals surface area contributed by atoms with Crippen molar-refractivity contribution in [1.82, 2.24) is 13.7 Å². The second kappa shape index (κ2) is 8.00. The summed E-state index contributed by atoms with van der Waals surface area (Å²) in [6, 6.07) is 0. The maximum absolute atomic E-state index is 12.1. The van der Waals surface area contributed by atoms with E-state index in [4.69, 9.17) is 15.3 Å². The third kappa shape index (κ3) is 3.90. The van der Waals surface area contributed by atoms with Crippen LogP contribution in [-0.4, -0.2) is 71.3 Å². The van der Waals surface area contributed by atoms with Crippen molar-refractivity contribution in [1.29, 1.82) is 0 Å². The lowest BCUT2D eigenvalue weighted by Gasteiger charge is -2.16. The molecule has 5 N–H and O–H groups in total. The summed E-state index contributed by atoms with van der Waals surface area (Å²) in [6.07, 6.45) is -2.80. The number of rotatable bonds is 8. The SMILES string of the molecule is O=c1n(CCO)c(=O)n(CC(O)CO)c(=O)n1CC(O)CO. The molecule has 0 aliphatic carbocycles. The van der Waals surface area contributed by atoms with Crippen LogP contribution in [0, 0.1) is 0 Å². The molecule has 1 rings (SSSR count). The zero-order valence-electron chi connectivity index (χ0n) is 11.7. The Balaban J connectivity index is 3.53. The van der Waals surface area contributed by atoms with Gasteiger partial charge in [-0.25, -0.2) is 28.1 Å². The minimum atomic E-state index is -1.40. The first-order valence-corrected chi connectivity index (χ1v) is 6.50. The van der Waals surface area contributed by atoms with E-state index < -0.39 is 62.2 Å². The Morgan fingerprint density at radius 3 is 1.41 bits per heavy atom. The third-order valence-electron chi connectivity index (χ3n) is 2.92. The number of aliphatic hydroxyl groups is 5. The molecule has 0 amide bonds. The fourth-order valence-electron chi connectivity index (χ4n) is 1.82. The molecule has 0 spiro atoms. The lowest BCUT2D eigenvalue weighted by molar-refractivity contribution is 0.0707. The molecule has 1 aromatic rings. The molecule has 0 saturated carbocycles. The molecule has 0 bridgehead atoms. The van der Waals surface area contributed by atoms with Crippen molar-refractivity contribution in [3.63, 3.8) is 0 Å². The molecule has 0 radical (unpaired) electrons. The molecule has 0 aliphatic rings. The zero-order valence-corrected chi connectivity index (χ0v) is 11.7. The molecule has 0 aliphatic heterocycles. The first-order chi connectivity index (χ1) is 10.4. The van der Waals surface area contributed by atoms with Crippen molar-refractivity contribution in [2.24, 2.45) is 0 Å². The van der Waals surface area contributed by atoms with Gasteiger partial charge in [0.05, 0.1) is 51.7 Å². The quantitative estimate of drug-likeness (QED) is 0.317. The predicted molar refractivity (Wildman–Crippen MR) is 72.5 cm³/mol. The van der Waals surface area contributed by atoms with E-state index in [2.05, 4.69) is 0 Å². The van der Waals surface area contributed by atoms with Gasteiger partial charge in [0.1, 0.15) is 0 Å². The maximum atomic E-state index is 12.1. The molecule has 11 nitrogen and oxygen atoms in total. The molecule has 0 saturated heterocycles. The fourth-order valence-corrected chi connectivity index (χ4v) is 1.82. The highest BCUT2D eigenvalue weighted by molar-refractivity contribution is 4.81. The molecule has 1 aromatic heterocycles. The maximum Gasteiger partial charge on any atom is 0.336 e. The summed E-state index contributed by atoms with van der Waals surface area (Å²) in [5.74, 6) is 0. The van der Waals surface area contributed by atoms with E-state index in [9.17, 15) is 24.6 Å². The molecule has 2 unspecified atom stereocenters. The Hall–Kier alpha value is -1.79. The number of nitrogens with zero attached hydrogens (tertiary/aromatic N) is 3. The van der Waals surface area contributed by atoms with Crippen LogP contribution in [0.3, 0.4) is 0 Å². The van der Waals surface area contributed by atoms with E-state index in [0.29, 0.717) is 13.7 Å². The monoisotopic (exact) mass is 321 g/mol. The second-order valence-corrected chi connectivity index (χ2v) is 4.62. The lowest BCUT2D eigenvalue weighted by Crippen LogP contribution is -2.56. The highest BCUT2D eigenvalue weighted by Gasteiger charge is 2.19. The van der Waals surface area contributed by atoms with E-state index in [1.54, 1.807) is 0 Å². The van der Waals surface area contributed by atoms with Crippen molar-refractivity contribution in [3.8, 4) is 0 Å². The summed E-state index contributed by atoms with van der Waals surface area (Å²) in [6.45, 7) is -3.46. The van der Waals surface area contributed by atoms with Gasteiger partial charge < -0.3 is 25.5 Å². The predicted octanol–water partition coefficient (Wildman–Crippen LogP) is -5.13. The molecular formula is C11H19N3O8. The van der Waals surface area contributed by atoms with Gasteiger partial charge in [-0.2, -0.15) is 0 Å². The molecule has 0 aromatic carbocycles. The van der Waals surface area contributed by atoms with E-state index in [0.717, 1.165) is 0 Å². The van der Waals surface area contributed by atoms with Gasteiger partial charge in [-0.1, -0.05) is 0 Å². The van der Waals surface area contributed by atoms with E-state index in [1.807, 2.05) is 0 Å². The molecule has 0 fully saturated rings. The zero-order chi connectivity index (χ0) is 16.9. The van der Waals surface area contributed by atoms with Gasteiger partial charge >= 0.3 is 17.1 Å². The molecule has 11 heteroatoms. The second-order valence-electron chi connectivity index (χ2n) is 4.62. The minimum Gasteiger partial charge on any atom is -0.395 e. The van der Waals surface area contributed by atoms with Gasteiger partial charge in [0.25, 0.3) is 0 Å². The Bertz CT molecular complexity index is 611. The van der Waals surface area contributed by atoms with Crippen LogP contribution < -0.4 is 17.1 Å². The summed E-state index contributed by atoms with van der Waals surface area (Å²) in [5.41, 5.74) is -3.19. The van der Waals surface area contributed by atoms with Gasteiger partial charge in [0, 0.05) is 0 Å². The van der Waals surface area contributed by atoms with Crippen LogP contribution in [0.1, 0.15) is 0 Å². The summed E-state index contributed by atoms with van der Waals surface area (Å²) in [7, 11) is 0. The number of aliphatic hydroxyl groups excluding tert-OH is 5. The lowest BCUT2D eigenvalue weighted by atomic mass is 10.3. The average molecular weight is 321 g/mol. The van der Waals surface area contributed by atoms with Gasteiger partial charge in [0.2, 0.25) is 0 Å². The summed E-state index contributed by atoms with van der Waals surface area (Å²) >= 11 is 0. The first-order valence-electron chi connectivity index (χ1n) is 6.50. The highest BCUT2D eigenvalue weighted by atomic mass is 16.3. The Kier molecular flexibility index (Phi) is 6.64. The molecule has 126 valence electrons. The number of aromatic nitrogens is 3. The first kappa shape index (κ1) is 18.3. The van der Waals surface area contributed by atoms with Crippen LogP contribution in [0.4, 0.5) is 0 Å². The minimum absolute atomic E-state index is 0.387. The van der Waals surface area contributed by atoms with Crippen LogP contribution in [-0.2, 0) is 19.6 Å². The van der Waals surface area contributed by atoms with E-state index in [1.165, 1.54) is 0 Å². The van der Waals surface area contributed by atoms with Crippen LogP contribution in [0.15, 0.2) is 14.4 Å². The van der Waals surface area contributed by atoms with Crippen molar-refractivity contribution >= 4 is 0 Å². The Morgan fingerprint density at radius 2 is 1.09 bits per heavy atom. The van der Waals surface area contributed by atoms with Gasteiger partial charge in [0.15, 0.2) is 0 Å². The summed E-state index contributed by atoms with van der Waals surface area (Å²) < 4.78 is 1.60. The van der Waals surface area contributed by atoms with Crippen LogP contribution in [0.2, 0.25) is 0 Å². The molecule has 1 heterocycles. The molecule has 22 heavy (non-hydrogen) atoms. The normalized spacial score (nSPS) is 14.0. The summed E-state index contributed by atoms with van der Waals surface area (Å²) in [5, 5.41) is 45.3. The third-order valence-corrected chi connectivity index (χ3v) is 2.92. The molecular weight excluding hydrogens is 302 g/mol. The van der Waals surface area contributed by atoms with Gasteiger partial charge in [-0.05, 0) is 0 Å². The number of hydrogen-bond donors (Lipinski definition) is 5. The van der Waals surface area contributed by atoms with Crippen molar-refractivity contribution in [2.45, 2.75) is 31.8 Å². The van der Waals surface area contributed by atoms with E-state index in [-0.39, 0.29) is 6.54 Å².